The Labute approximate surface area is 106 Å². The van der Waals surface area contributed by atoms with Crippen LogP contribution in [0.1, 0.15) is 29.3 Å². The van der Waals surface area contributed by atoms with E-state index in [0.717, 1.165) is 5.56 Å². The highest BCUT2D eigenvalue weighted by molar-refractivity contribution is 5.96. The zero-order valence-electron chi connectivity index (χ0n) is 10.6. The first-order valence-electron chi connectivity index (χ1n) is 5.79. The highest BCUT2D eigenvalue weighted by Gasteiger charge is 2.13. The molecule has 0 aliphatic rings. The second-order valence-corrected chi connectivity index (χ2v) is 4.30. The molecule has 0 aliphatic heterocycles. The molecule has 1 amide bonds. The van der Waals surface area contributed by atoms with E-state index in [1.807, 2.05) is 0 Å². The minimum Gasteiger partial charge on any atom is -0.481 e. The number of hydrogen-bond acceptors (Lipinski definition) is 3. The van der Waals surface area contributed by atoms with Crippen molar-refractivity contribution in [2.24, 2.45) is 5.92 Å². The summed E-state index contributed by atoms with van der Waals surface area (Å²) < 4.78 is 0. The lowest BCUT2D eigenvalue weighted by Crippen LogP contribution is -2.27. The molecule has 0 aliphatic carbocycles. The molecule has 1 aromatic rings. The molecule has 1 atom stereocenters. The summed E-state index contributed by atoms with van der Waals surface area (Å²) >= 11 is 0. The summed E-state index contributed by atoms with van der Waals surface area (Å²) in [5.41, 5.74) is 7.55. The summed E-state index contributed by atoms with van der Waals surface area (Å²) in [4.78, 5) is 22.5. The number of nitrogens with two attached hydrogens (primary N) is 1. The van der Waals surface area contributed by atoms with Gasteiger partial charge in [-0.1, -0.05) is 13.0 Å². The Bertz CT molecular complexity index is 458. The van der Waals surface area contributed by atoms with Gasteiger partial charge in [0, 0.05) is 17.8 Å². The van der Waals surface area contributed by atoms with Gasteiger partial charge >= 0.3 is 5.97 Å². The van der Waals surface area contributed by atoms with Crippen LogP contribution in [0.4, 0.5) is 5.69 Å². The largest absolute Gasteiger partial charge is 0.481 e. The molecule has 5 nitrogen and oxygen atoms in total. The van der Waals surface area contributed by atoms with Crippen molar-refractivity contribution in [2.75, 3.05) is 12.3 Å². The van der Waals surface area contributed by atoms with Crippen LogP contribution in [-0.4, -0.2) is 23.5 Å². The maximum Gasteiger partial charge on any atom is 0.306 e. The summed E-state index contributed by atoms with van der Waals surface area (Å²) in [6.07, 6.45) is 0.405. The van der Waals surface area contributed by atoms with Crippen molar-refractivity contribution >= 4 is 17.6 Å². The molecule has 0 radical (unpaired) electrons. The standard InChI is InChI=1S/C13H18N2O3/c1-8(13(17)18)6-7-15-12(16)10-4-3-5-11(14)9(10)2/h3-5,8H,6-7,14H2,1-2H3,(H,15,16)(H,17,18). The molecule has 4 N–H and O–H groups in total. The molecule has 1 unspecified atom stereocenters. The van der Waals surface area contributed by atoms with E-state index in [-0.39, 0.29) is 5.91 Å². The molecule has 1 aromatic carbocycles. The molecule has 0 saturated carbocycles. The Kier molecular flexibility index (Phi) is 4.71. The van der Waals surface area contributed by atoms with Crippen LogP contribution in [0.5, 0.6) is 0 Å². The summed E-state index contributed by atoms with van der Waals surface area (Å²) in [6, 6.07) is 5.15. The number of carboxylic acids is 1. The molecule has 0 saturated heterocycles. The third-order valence-electron chi connectivity index (χ3n) is 2.90. The lowest BCUT2D eigenvalue weighted by atomic mass is 10.1. The van der Waals surface area contributed by atoms with Crippen molar-refractivity contribution in [1.29, 1.82) is 0 Å². The zero-order chi connectivity index (χ0) is 13.7. The number of rotatable bonds is 5. The van der Waals surface area contributed by atoms with E-state index in [9.17, 15) is 9.59 Å². The van der Waals surface area contributed by atoms with E-state index in [1.165, 1.54) is 0 Å². The van der Waals surface area contributed by atoms with Gasteiger partial charge in [-0.2, -0.15) is 0 Å². The molecule has 1 rings (SSSR count). The van der Waals surface area contributed by atoms with Crippen LogP contribution in [0.25, 0.3) is 0 Å². The Morgan fingerprint density at radius 3 is 2.72 bits per heavy atom. The van der Waals surface area contributed by atoms with Crippen molar-refractivity contribution in [1.82, 2.24) is 5.32 Å². The van der Waals surface area contributed by atoms with Crippen LogP contribution in [0.15, 0.2) is 18.2 Å². The topological polar surface area (TPSA) is 92.4 Å². The molecule has 0 bridgehead atoms. The van der Waals surface area contributed by atoms with Gasteiger partial charge in [-0.15, -0.1) is 0 Å². The van der Waals surface area contributed by atoms with Crippen LogP contribution in [0.3, 0.4) is 0 Å². The summed E-state index contributed by atoms with van der Waals surface area (Å²) in [5, 5.41) is 11.4. The summed E-state index contributed by atoms with van der Waals surface area (Å²) in [6.45, 7) is 3.73. The van der Waals surface area contributed by atoms with Crippen LogP contribution >= 0.6 is 0 Å². The van der Waals surface area contributed by atoms with Crippen molar-refractivity contribution in [3.05, 3.63) is 29.3 Å². The molecule has 0 spiro atoms. The van der Waals surface area contributed by atoms with E-state index in [2.05, 4.69) is 5.32 Å². The number of nitrogens with one attached hydrogen (secondary N) is 1. The number of aliphatic carboxylic acids is 1. The quantitative estimate of drug-likeness (QED) is 0.689. The third kappa shape index (κ3) is 3.48. The normalized spacial score (nSPS) is 11.9. The van der Waals surface area contributed by atoms with Gasteiger partial charge in [-0.25, -0.2) is 0 Å². The second-order valence-electron chi connectivity index (χ2n) is 4.30. The minimum absolute atomic E-state index is 0.225. The first-order chi connectivity index (χ1) is 8.43. The van der Waals surface area contributed by atoms with E-state index >= 15 is 0 Å². The Hall–Kier alpha value is -2.04. The number of amides is 1. The van der Waals surface area contributed by atoms with Gasteiger partial charge in [0.25, 0.3) is 5.91 Å². The Balaban J connectivity index is 2.56. The smallest absolute Gasteiger partial charge is 0.306 e. The van der Waals surface area contributed by atoms with E-state index in [4.69, 9.17) is 10.8 Å². The summed E-state index contributed by atoms with van der Waals surface area (Å²) in [5.74, 6) is -1.55. The lowest BCUT2D eigenvalue weighted by molar-refractivity contribution is -0.141. The van der Waals surface area contributed by atoms with Crippen molar-refractivity contribution in [3.63, 3.8) is 0 Å². The Morgan fingerprint density at radius 2 is 2.11 bits per heavy atom. The predicted octanol–water partition coefficient (Wildman–Crippen LogP) is 1.42. The molecule has 18 heavy (non-hydrogen) atoms. The maximum absolute atomic E-state index is 11.9. The number of nitrogen functional groups attached to an aromatic ring is 1. The molecule has 98 valence electrons. The molecular weight excluding hydrogens is 232 g/mol. The third-order valence-corrected chi connectivity index (χ3v) is 2.90. The van der Waals surface area contributed by atoms with Crippen LogP contribution in [-0.2, 0) is 4.79 Å². The monoisotopic (exact) mass is 250 g/mol. The van der Waals surface area contributed by atoms with Crippen LogP contribution in [0.2, 0.25) is 0 Å². The fourth-order valence-electron chi connectivity index (χ4n) is 1.52. The molecule has 0 aromatic heterocycles. The van der Waals surface area contributed by atoms with Gasteiger partial charge in [0.15, 0.2) is 0 Å². The van der Waals surface area contributed by atoms with Gasteiger partial charge in [-0.3, -0.25) is 9.59 Å². The van der Waals surface area contributed by atoms with Crippen molar-refractivity contribution in [3.8, 4) is 0 Å². The van der Waals surface area contributed by atoms with Crippen LogP contribution < -0.4 is 11.1 Å². The fourth-order valence-corrected chi connectivity index (χ4v) is 1.52. The average Bonchev–Trinajstić information content (AvgIpc) is 2.32. The number of anilines is 1. The molecule has 0 fully saturated rings. The van der Waals surface area contributed by atoms with Gasteiger partial charge in [-0.05, 0) is 31.0 Å². The lowest BCUT2D eigenvalue weighted by Gasteiger charge is -2.10. The van der Waals surface area contributed by atoms with Crippen molar-refractivity contribution < 1.29 is 14.7 Å². The number of carbonyl (C=O) groups is 2. The van der Waals surface area contributed by atoms with E-state index < -0.39 is 11.9 Å². The van der Waals surface area contributed by atoms with E-state index in [0.29, 0.717) is 24.2 Å². The first-order valence-corrected chi connectivity index (χ1v) is 5.79. The van der Waals surface area contributed by atoms with Crippen LogP contribution in [0, 0.1) is 12.8 Å². The number of benzene rings is 1. The van der Waals surface area contributed by atoms with Gasteiger partial charge in [0.2, 0.25) is 0 Å². The van der Waals surface area contributed by atoms with Gasteiger partial charge in [0.1, 0.15) is 0 Å². The molecular formula is C13H18N2O3. The molecule has 0 heterocycles. The Morgan fingerprint density at radius 1 is 1.44 bits per heavy atom. The second kappa shape index (κ2) is 6.05. The highest BCUT2D eigenvalue weighted by atomic mass is 16.4. The first kappa shape index (κ1) is 14.0. The van der Waals surface area contributed by atoms with Crippen molar-refractivity contribution in [2.45, 2.75) is 20.3 Å². The summed E-state index contributed by atoms with van der Waals surface area (Å²) in [7, 11) is 0. The SMILES string of the molecule is Cc1c(N)cccc1C(=O)NCCC(C)C(=O)O. The number of hydrogen-bond donors (Lipinski definition) is 3. The predicted molar refractivity (Wildman–Crippen MR) is 69.3 cm³/mol. The van der Waals surface area contributed by atoms with E-state index in [1.54, 1.807) is 32.0 Å². The fraction of sp³-hybridized carbons (Fsp3) is 0.385. The minimum atomic E-state index is -0.857. The maximum atomic E-state index is 11.9. The zero-order valence-corrected chi connectivity index (χ0v) is 10.6. The average molecular weight is 250 g/mol. The van der Waals surface area contributed by atoms with Gasteiger partial charge < -0.3 is 16.2 Å². The molecule has 5 heteroatoms. The number of carbonyl (C=O) groups excluding carboxylic acids is 1. The number of carboxylic acid groups (broad SMARTS) is 1. The highest BCUT2D eigenvalue weighted by Crippen LogP contribution is 2.15. The van der Waals surface area contributed by atoms with Gasteiger partial charge in [0.05, 0.1) is 5.92 Å².